The minimum Gasteiger partial charge on any atom is -0.478 e. The number of alkyl halides is 2. The van der Waals surface area contributed by atoms with Gasteiger partial charge in [0.2, 0.25) is 0 Å². The van der Waals surface area contributed by atoms with Crippen molar-refractivity contribution in [3.8, 4) is 0 Å². The standard InChI is InChI=1S/C11H11F2NO3/c1-14(6-9(12)13)10(15)7-2-4-8(5-3-7)11(16)17/h2-5,9H,6H2,1H3,(H,16,17). The second-order valence-electron chi connectivity index (χ2n) is 3.46. The maximum absolute atomic E-state index is 12.1. The SMILES string of the molecule is CN(CC(F)F)C(=O)c1ccc(C(=O)O)cc1. The van der Waals surface area contributed by atoms with E-state index in [1.54, 1.807) is 0 Å². The van der Waals surface area contributed by atoms with Crippen molar-refractivity contribution < 1.29 is 23.5 Å². The largest absolute Gasteiger partial charge is 0.478 e. The number of hydrogen-bond donors (Lipinski definition) is 1. The smallest absolute Gasteiger partial charge is 0.335 e. The van der Waals surface area contributed by atoms with Gasteiger partial charge in [0.25, 0.3) is 12.3 Å². The molecule has 1 N–H and O–H groups in total. The van der Waals surface area contributed by atoms with Crippen molar-refractivity contribution in [2.45, 2.75) is 6.43 Å². The number of carboxylic acid groups (broad SMARTS) is 1. The van der Waals surface area contributed by atoms with Crippen molar-refractivity contribution in [1.82, 2.24) is 4.90 Å². The molecule has 0 spiro atoms. The first-order chi connectivity index (χ1) is 7.91. The van der Waals surface area contributed by atoms with Crippen LogP contribution in [0.4, 0.5) is 8.78 Å². The molecule has 0 saturated heterocycles. The Morgan fingerprint density at radius 3 is 2.12 bits per heavy atom. The normalized spacial score (nSPS) is 10.4. The van der Waals surface area contributed by atoms with Crippen molar-refractivity contribution in [3.05, 3.63) is 35.4 Å². The topological polar surface area (TPSA) is 57.6 Å². The highest BCUT2D eigenvalue weighted by atomic mass is 19.3. The van der Waals surface area contributed by atoms with Gasteiger partial charge in [0, 0.05) is 12.6 Å². The molecular weight excluding hydrogens is 232 g/mol. The maximum Gasteiger partial charge on any atom is 0.335 e. The minimum atomic E-state index is -2.60. The molecule has 4 nitrogen and oxygen atoms in total. The molecule has 0 fully saturated rings. The van der Waals surface area contributed by atoms with E-state index >= 15 is 0 Å². The summed E-state index contributed by atoms with van der Waals surface area (Å²) in [5.41, 5.74) is 0.219. The summed E-state index contributed by atoms with van der Waals surface area (Å²) >= 11 is 0. The highest BCUT2D eigenvalue weighted by Gasteiger charge is 2.16. The molecular formula is C11H11F2NO3. The highest BCUT2D eigenvalue weighted by Crippen LogP contribution is 2.08. The average Bonchev–Trinajstić information content (AvgIpc) is 2.27. The predicted octanol–water partition coefficient (Wildman–Crippen LogP) is 1.72. The Morgan fingerprint density at radius 2 is 1.71 bits per heavy atom. The third-order valence-corrected chi connectivity index (χ3v) is 2.14. The number of rotatable bonds is 4. The van der Waals surface area contributed by atoms with Crippen molar-refractivity contribution in [3.63, 3.8) is 0 Å². The van der Waals surface area contributed by atoms with Gasteiger partial charge in [-0.15, -0.1) is 0 Å². The van der Waals surface area contributed by atoms with E-state index < -0.39 is 24.8 Å². The van der Waals surface area contributed by atoms with Crippen LogP contribution in [0.2, 0.25) is 0 Å². The second-order valence-corrected chi connectivity index (χ2v) is 3.46. The van der Waals surface area contributed by atoms with Gasteiger partial charge >= 0.3 is 5.97 Å². The van der Waals surface area contributed by atoms with E-state index in [9.17, 15) is 18.4 Å². The summed E-state index contributed by atoms with van der Waals surface area (Å²) in [7, 11) is 1.26. The van der Waals surface area contributed by atoms with Crippen molar-refractivity contribution in [1.29, 1.82) is 0 Å². The molecule has 0 saturated carbocycles. The van der Waals surface area contributed by atoms with E-state index in [4.69, 9.17) is 5.11 Å². The zero-order valence-corrected chi connectivity index (χ0v) is 9.06. The number of carboxylic acids is 1. The number of aromatic carboxylic acids is 1. The van der Waals surface area contributed by atoms with Crippen molar-refractivity contribution >= 4 is 11.9 Å². The zero-order valence-electron chi connectivity index (χ0n) is 9.06. The fourth-order valence-corrected chi connectivity index (χ4v) is 1.27. The number of nitrogens with zero attached hydrogens (tertiary/aromatic N) is 1. The van der Waals surface area contributed by atoms with Gasteiger partial charge in [0.1, 0.15) is 0 Å². The fourth-order valence-electron chi connectivity index (χ4n) is 1.27. The van der Waals surface area contributed by atoms with Gasteiger partial charge in [0.05, 0.1) is 12.1 Å². The van der Waals surface area contributed by atoms with Crippen LogP contribution in [-0.4, -0.2) is 41.9 Å². The molecule has 17 heavy (non-hydrogen) atoms. The molecule has 0 aromatic heterocycles. The molecule has 6 heteroatoms. The number of halogens is 2. The Kier molecular flexibility index (Phi) is 4.14. The van der Waals surface area contributed by atoms with Gasteiger partial charge in [-0.1, -0.05) is 0 Å². The van der Waals surface area contributed by atoms with Gasteiger partial charge < -0.3 is 10.0 Å². The summed E-state index contributed by atoms with van der Waals surface area (Å²) in [6, 6.07) is 5.11. The van der Waals surface area contributed by atoms with E-state index in [1.165, 1.54) is 31.3 Å². The first-order valence-electron chi connectivity index (χ1n) is 4.78. The summed E-state index contributed by atoms with van der Waals surface area (Å²) in [4.78, 5) is 23.1. The lowest BCUT2D eigenvalue weighted by Gasteiger charge is -2.16. The third kappa shape index (κ3) is 3.51. The van der Waals surface area contributed by atoms with Gasteiger partial charge in [0.15, 0.2) is 0 Å². The summed E-state index contributed by atoms with van der Waals surface area (Å²) in [6.45, 7) is -0.653. The predicted molar refractivity (Wildman–Crippen MR) is 56.4 cm³/mol. The molecule has 1 aromatic rings. The minimum absolute atomic E-state index is 0.0399. The molecule has 92 valence electrons. The molecule has 1 rings (SSSR count). The van der Waals surface area contributed by atoms with E-state index in [-0.39, 0.29) is 11.1 Å². The molecule has 0 unspecified atom stereocenters. The fraction of sp³-hybridized carbons (Fsp3) is 0.273. The Labute approximate surface area is 96.5 Å². The van der Waals surface area contributed by atoms with Gasteiger partial charge in [-0.25, -0.2) is 13.6 Å². The second kappa shape index (κ2) is 5.38. The molecule has 0 bridgehead atoms. The summed E-state index contributed by atoms with van der Waals surface area (Å²) < 4.78 is 24.1. The van der Waals surface area contributed by atoms with E-state index in [0.29, 0.717) is 0 Å². The molecule has 0 radical (unpaired) electrons. The lowest BCUT2D eigenvalue weighted by Crippen LogP contribution is -2.31. The number of benzene rings is 1. The van der Waals surface area contributed by atoms with Crippen LogP contribution in [0.1, 0.15) is 20.7 Å². The number of amides is 1. The van der Waals surface area contributed by atoms with E-state index in [2.05, 4.69) is 0 Å². The van der Waals surface area contributed by atoms with Crippen LogP contribution < -0.4 is 0 Å². The Morgan fingerprint density at radius 1 is 1.24 bits per heavy atom. The summed E-state index contributed by atoms with van der Waals surface area (Å²) in [5, 5.41) is 8.65. The Balaban J connectivity index is 2.79. The van der Waals surface area contributed by atoms with Crippen LogP contribution in [0.15, 0.2) is 24.3 Å². The highest BCUT2D eigenvalue weighted by molar-refractivity contribution is 5.95. The third-order valence-electron chi connectivity index (χ3n) is 2.14. The average molecular weight is 243 g/mol. The van der Waals surface area contributed by atoms with Crippen molar-refractivity contribution in [2.24, 2.45) is 0 Å². The quantitative estimate of drug-likeness (QED) is 0.876. The number of carbonyl (C=O) groups excluding carboxylic acids is 1. The van der Waals surface area contributed by atoms with Crippen LogP contribution >= 0.6 is 0 Å². The van der Waals surface area contributed by atoms with Gasteiger partial charge in [-0.05, 0) is 24.3 Å². The molecule has 1 amide bonds. The van der Waals surface area contributed by atoms with Crippen molar-refractivity contribution in [2.75, 3.05) is 13.6 Å². The maximum atomic E-state index is 12.1. The molecule has 0 aliphatic carbocycles. The number of hydrogen-bond acceptors (Lipinski definition) is 2. The summed E-state index contributed by atoms with van der Waals surface area (Å²) in [6.07, 6.45) is -2.60. The van der Waals surface area contributed by atoms with Crippen LogP contribution in [0, 0.1) is 0 Å². The van der Waals surface area contributed by atoms with Gasteiger partial charge in [-0.3, -0.25) is 4.79 Å². The monoisotopic (exact) mass is 243 g/mol. The lowest BCUT2D eigenvalue weighted by atomic mass is 10.1. The van der Waals surface area contributed by atoms with Crippen LogP contribution in [-0.2, 0) is 0 Å². The van der Waals surface area contributed by atoms with E-state index in [1.807, 2.05) is 0 Å². The van der Waals surface area contributed by atoms with Gasteiger partial charge in [-0.2, -0.15) is 0 Å². The first kappa shape index (κ1) is 13.1. The lowest BCUT2D eigenvalue weighted by molar-refractivity contribution is 0.0619. The van der Waals surface area contributed by atoms with Crippen LogP contribution in [0.5, 0.6) is 0 Å². The first-order valence-corrected chi connectivity index (χ1v) is 4.78. The molecule has 1 aromatic carbocycles. The molecule has 0 aliphatic rings. The zero-order chi connectivity index (χ0) is 13.0. The van der Waals surface area contributed by atoms with Crippen LogP contribution in [0.25, 0.3) is 0 Å². The molecule has 0 atom stereocenters. The number of carbonyl (C=O) groups is 2. The Bertz CT molecular complexity index is 417. The molecule has 0 heterocycles. The van der Waals surface area contributed by atoms with E-state index in [0.717, 1.165) is 4.90 Å². The van der Waals surface area contributed by atoms with Crippen LogP contribution in [0.3, 0.4) is 0 Å². The molecule has 0 aliphatic heterocycles. The Hall–Kier alpha value is -1.98. The summed E-state index contributed by atoms with van der Waals surface area (Å²) in [5.74, 6) is -1.67.